The summed E-state index contributed by atoms with van der Waals surface area (Å²) in [5, 5.41) is 42.9. The van der Waals surface area contributed by atoms with Gasteiger partial charge in [-0.3, -0.25) is 14.4 Å². The van der Waals surface area contributed by atoms with Crippen LogP contribution in [0.1, 0.15) is 52.7 Å². The molecule has 45 heavy (non-hydrogen) atoms. The van der Waals surface area contributed by atoms with Crippen molar-refractivity contribution in [2.75, 3.05) is 0 Å². The van der Waals surface area contributed by atoms with E-state index in [4.69, 9.17) is 5.11 Å². The Hall–Kier alpha value is -4.58. The first-order chi connectivity index (χ1) is 21.5. The largest absolute Gasteiger partial charge is 0.478 e. The van der Waals surface area contributed by atoms with Gasteiger partial charge in [-0.05, 0) is 51.4 Å². The van der Waals surface area contributed by atoms with E-state index in [9.17, 15) is 29.4 Å². The molecule has 0 aliphatic heterocycles. The molecular weight excluding hydrogens is 594 g/mol. The summed E-state index contributed by atoms with van der Waals surface area (Å²) in [7, 11) is 0. The molecule has 0 saturated carbocycles. The highest BCUT2D eigenvalue weighted by Crippen LogP contribution is 2.25. The van der Waals surface area contributed by atoms with Gasteiger partial charge >= 0.3 is 5.97 Å². The van der Waals surface area contributed by atoms with Gasteiger partial charge in [-0.25, -0.2) is 4.79 Å². The molecule has 10 nitrogen and oxygen atoms in total. The lowest BCUT2D eigenvalue weighted by Crippen LogP contribution is -2.52. The molecule has 0 fully saturated rings. The maximum absolute atomic E-state index is 13.3. The van der Waals surface area contributed by atoms with E-state index in [0.29, 0.717) is 11.1 Å². The Balaban J connectivity index is 1.40. The van der Waals surface area contributed by atoms with Crippen molar-refractivity contribution in [2.24, 2.45) is 5.92 Å². The second-order valence-corrected chi connectivity index (χ2v) is 12.2. The molecule has 0 saturated heterocycles. The van der Waals surface area contributed by atoms with Gasteiger partial charge in [-0.1, -0.05) is 74.5 Å². The predicted octanol–water partition coefficient (Wildman–Crippen LogP) is 3.57. The standard InChI is InChI=1S/C34H37N3O7S/c1-20(2)30(32(41)35-19-21-12-14-23(15-13-21)34(43)44)37-29(39)18-28(38)27(17-24-9-6-16-45-24)36-33(42)31(40)26-11-5-8-22-7-3-4-10-25(22)26/h3-16,20,27-28,30-31,38,40H,17-19H2,1-2H3,(H,35,41)(H,36,42)(H,37,39)(H,43,44)/t27-,28-,30-,31?/m0/s1. The maximum atomic E-state index is 13.3. The normalized spacial score (nSPS) is 13.9. The van der Waals surface area contributed by atoms with Gasteiger partial charge in [0.1, 0.15) is 6.04 Å². The molecule has 236 valence electrons. The van der Waals surface area contributed by atoms with E-state index in [1.807, 2.05) is 47.8 Å². The van der Waals surface area contributed by atoms with Crippen molar-refractivity contribution < 1.29 is 34.5 Å². The van der Waals surface area contributed by atoms with Gasteiger partial charge in [-0.15, -0.1) is 11.3 Å². The minimum atomic E-state index is -1.50. The van der Waals surface area contributed by atoms with Crippen LogP contribution in [-0.2, 0) is 27.3 Å². The van der Waals surface area contributed by atoms with E-state index in [-0.39, 0.29) is 24.4 Å². The second-order valence-electron chi connectivity index (χ2n) is 11.2. The number of fused-ring (bicyclic) bond motifs is 1. The van der Waals surface area contributed by atoms with Gasteiger partial charge in [0.05, 0.1) is 24.1 Å². The van der Waals surface area contributed by atoms with Gasteiger partial charge in [0.25, 0.3) is 5.91 Å². The van der Waals surface area contributed by atoms with Crippen molar-refractivity contribution in [3.8, 4) is 0 Å². The fourth-order valence-corrected chi connectivity index (χ4v) is 5.75. The molecule has 0 aliphatic rings. The van der Waals surface area contributed by atoms with Crippen LogP contribution < -0.4 is 16.0 Å². The highest BCUT2D eigenvalue weighted by atomic mass is 32.1. The van der Waals surface area contributed by atoms with Crippen LogP contribution >= 0.6 is 11.3 Å². The number of aromatic carboxylic acids is 1. The fourth-order valence-electron chi connectivity index (χ4n) is 4.98. The van der Waals surface area contributed by atoms with E-state index in [1.54, 1.807) is 38.1 Å². The molecule has 1 unspecified atom stereocenters. The van der Waals surface area contributed by atoms with Crippen molar-refractivity contribution in [1.82, 2.24) is 16.0 Å². The zero-order chi connectivity index (χ0) is 32.5. The second kappa shape index (κ2) is 15.4. The third-order valence-electron chi connectivity index (χ3n) is 7.49. The lowest BCUT2D eigenvalue weighted by Gasteiger charge is -2.27. The lowest BCUT2D eigenvalue weighted by atomic mass is 9.98. The van der Waals surface area contributed by atoms with E-state index < -0.39 is 54.4 Å². The average molecular weight is 632 g/mol. The number of nitrogens with one attached hydrogen (secondary N) is 3. The highest BCUT2D eigenvalue weighted by molar-refractivity contribution is 7.09. The van der Waals surface area contributed by atoms with Crippen LogP contribution in [0.15, 0.2) is 84.2 Å². The summed E-state index contributed by atoms with van der Waals surface area (Å²) >= 11 is 1.44. The number of carbonyl (C=O) groups is 4. The zero-order valence-corrected chi connectivity index (χ0v) is 25.8. The minimum absolute atomic E-state index is 0.132. The number of benzene rings is 3. The Bertz CT molecular complexity index is 1620. The molecule has 1 aromatic heterocycles. The zero-order valence-electron chi connectivity index (χ0n) is 25.0. The summed E-state index contributed by atoms with van der Waals surface area (Å²) in [6.07, 6.45) is -2.99. The molecule has 4 aromatic rings. The van der Waals surface area contributed by atoms with Crippen molar-refractivity contribution in [3.63, 3.8) is 0 Å². The molecule has 11 heteroatoms. The monoisotopic (exact) mass is 631 g/mol. The summed E-state index contributed by atoms with van der Waals surface area (Å²) < 4.78 is 0. The van der Waals surface area contributed by atoms with Crippen molar-refractivity contribution >= 4 is 45.8 Å². The number of carbonyl (C=O) groups excluding carboxylic acids is 3. The van der Waals surface area contributed by atoms with Crippen LogP contribution in [0.3, 0.4) is 0 Å². The van der Waals surface area contributed by atoms with Crippen LogP contribution in [0.4, 0.5) is 0 Å². The molecule has 0 aliphatic carbocycles. The van der Waals surface area contributed by atoms with Crippen molar-refractivity contribution in [1.29, 1.82) is 0 Å². The first-order valence-electron chi connectivity index (χ1n) is 14.6. The number of hydrogen-bond acceptors (Lipinski definition) is 7. The SMILES string of the molecule is CC(C)[C@H](NC(=O)C[C@H](O)[C@H](Cc1cccs1)NC(=O)C(O)c1cccc2ccccc12)C(=O)NCc1ccc(C(=O)O)cc1. The molecule has 6 N–H and O–H groups in total. The first-order valence-corrected chi connectivity index (χ1v) is 15.5. The molecule has 3 aromatic carbocycles. The maximum Gasteiger partial charge on any atom is 0.335 e. The summed E-state index contributed by atoms with van der Waals surface area (Å²) in [6.45, 7) is 3.68. The Kier molecular flexibility index (Phi) is 11.4. The van der Waals surface area contributed by atoms with Crippen LogP contribution in [0, 0.1) is 5.92 Å². The molecular formula is C34H37N3O7S. The van der Waals surface area contributed by atoms with Gasteiger partial charge in [0, 0.05) is 17.8 Å². The Morgan fingerprint density at radius 3 is 2.20 bits per heavy atom. The van der Waals surface area contributed by atoms with Gasteiger partial charge in [0.2, 0.25) is 11.8 Å². The van der Waals surface area contributed by atoms with E-state index >= 15 is 0 Å². The van der Waals surface area contributed by atoms with E-state index in [2.05, 4.69) is 16.0 Å². The lowest BCUT2D eigenvalue weighted by molar-refractivity contribution is -0.133. The van der Waals surface area contributed by atoms with Crippen molar-refractivity contribution in [2.45, 2.75) is 57.5 Å². The van der Waals surface area contributed by atoms with Gasteiger partial charge < -0.3 is 31.3 Å². The number of rotatable bonds is 14. The average Bonchev–Trinajstić information content (AvgIpc) is 3.54. The smallest absolute Gasteiger partial charge is 0.335 e. The van der Waals surface area contributed by atoms with Gasteiger partial charge in [-0.2, -0.15) is 0 Å². The van der Waals surface area contributed by atoms with E-state index in [1.165, 1.54) is 23.5 Å². The molecule has 3 amide bonds. The molecule has 0 spiro atoms. The summed E-state index contributed by atoms with van der Waals surface area (Å²) in [5.41, 5.74) is 1.25. The quantitative estimate of drug-likeness (QED) is 0.124. The van der Waals surface area contributed by atoms with Crippen molar-refractivity contribution in [3.05, 3.63) is 106 Å². The third-order valence-corrected chi connectivity index (χ3v) is 8.39. The molecule has 4 atom stereocenters. The van der Waals surface area contributed by atoms with Crippen LogP contribution in [0.2, 0.25) is 0 Å². The predicted molar refractivity (Wildman–Crippen MR) is 172 cm³/mol. The fraction of sp³-hybridized carbons (Fsp3) is 0.294. The Labute approximate surface area is 265 Å². The molecule has 4 rings (SSSR count). The third kappa shape index (κ3) is 8.98. The van der Waals surface area contributed by atoms with Crippen LogP contribution in [-0.4, -0.2) is 57.2 Å². The summed E-state index contributed by atoms with van der Waals surface area (Å²) in [4.78, 5) is 51.3. The summed E-state index contributed by atoms with van der Waals surface area (Å²) in [5.74, 6) is -3.05. The highest BCUT2D eigenvalue weighted by Gasteiger charge is 2.30. The number of thiophene rings is 1. The number of aliphatic hydroxyl groups excluding tert-OH is 2. The van der Waals surface area contributed by atoms with Crippen LogP contribution in [0.5, 0.6) is 0 Å². The number of carboxylic acids is 1. The number of aliphatic hydroxyl groups is 2. The number of carboxylic acid groups (broad SMARTS) is 1. The first kappa shape index (κ1) is 33.3. The van der Waals surface area contributed by atoms with Crippen LogP contribution in [0.25, 0.3) is 10.8 Å². The number of amides is 3. The number of hydrogen-bond donors (Lipinski definition) is 6. The molecule has 1 heterocycles. The molecule has 0 bridgehead atoms. The topological polar surface area (TPSA) is 165 Å². The summed E-state index contributed by atoms with van der Waals surface area (Å²) in [6, 6.07) is 20.7. The van der Waals surface area contributed by atoms with Gasteiger partial charge in [0.15, 0.2) is 6.10 Å². The van der Waals surface area contributed by atoms with E-state index in [0.717, 1.165) is 15.6 Å². The molecule has 0 radical (unpaired) electrons. The Morgan fingerprint density at radius 2 is 1.53 bits per heavy atom. The minimum Gasteiger partial charge on any atom is -0.478 e. The Morgan fingerprint density at radius 1 is 0.822 bits per heavy atom.